The summed E-state index contributed by atoms with van der Waals surface area (Å²) in [6.07, 6.45) is 0. The molecule has 2 nitrogen and oxygen atoms in total. The van der Waals surface area contributed by atoms with E-state index in [1.54, 1.807) is 12.1 Å². The number of anilines is 1. The van der Waals surface area contributed by atoms with Crippen molar-refractivity contribution in [2.75, 3.05) is 5.32 Å². The molecule has 0 saturated carbocycles. The van der Waals surface area contributed by atoms with E-state index in [-0.39, 0.29) is 0 Å². The zero-order valence-electron chi connectivity index (χ0n) is 8.21. The molecule has 1 atom stereocenters. The van der Waals surface area contributed by atoms with Gasteiger partial charge in [-0.1, -0.05) is 19.9 Å². The number of hydrogen-bond acceptors (Lipinski definition) is 2. The maximum absolute atomic E-state index is 12.7. The van der Waals surface area contributed by atoms with E-state index in [1.807, 2.05) is 0 Å². The third-order valence-electron chi connectivity index (χ3n) is 2.09. The standard InChI is InChI=1S/C10H15FN2/c1-7(2)8(3)12-10-6-4-5-9(11)13-10/h4-8H,1-3H3,(H,12,13)/t8-/m1/s1. The molecule has 13 heavy (non-hydrogen) atoms. The molecule has 1 N–H and O–H groups in total. The number of nitrogens with zero attached hydrogens (tertiary/aromatic N) is 1. The third kappa shape index (κ3) is 3.01. The van der Waals surface area contributed by atoms with E-state index in [0.717, 1.165) is 0 Å². The lowest BCUT2D eigenvalue weighted by Crippen LogP contribution is -2.22. The van der Waals surface area contributed by atoms with Crippen LogP contribution >= 0.6 is 0 Å². The molecule has 0 aromatic carbocycles. The summed E-state index contributed by atoms with van der Waals surface area (Å²) in [5.41, 5.74) is 0. The lowest BCUT2D eigenvalue weighted by Gasteiger charge is -2.17. The number of rotatable bonds is 3. The molecule has 0 amide bonds. The molecule has 1 rings (SSSR count). The third-order valence-corrected chi connectivity index (χ3v) is 2.09. The summed E-state index contributed by atoms with van der Waals surface area (Å²) in [7, 11) is 0. The van der Waals surface area contributed by atoms with Crippen LogP contribution in [0.1, 0.15) is 20.8 Å². The van der Waals surface area contributed by atoms with Gasteiger partial charge >= 0.3 is 0 Å². The molecule has 0 aliphatic carbocycles. The van der Waals surface area contributed by atoms with Crippen molar-refractivity contribution in [3.8, 4) is 0 Å². The van der Waals surface area contributed by atoms with Crippen LogP contribution in [0.4, 0.5) is 10.2 Å². The minimum absolute atomic E-state index is 0.300. The summed E-state index contributed by atoms with van der Waals surface area (Å²) in [4.78, 5) is 3.72. The van der Waals surface area contributed by atoms with E-state index in [4.69, 9.17) is 0 Å². The molecule has 0 fully saturated rings. The lowest BCUT2D eigenvalue weighted by molar-refractivity contribution is 0.551. The lowest BCUT2D eigenvalue weighted by atomic mass is 10.1. The summed E-state index contributed by atoms with van der Waals surface area (Å²) in [5, 5.41) is 3.13. The molecule has 3 heteroatoms. The highest BCUT2D eigenvalue weighted by Crippen LogP contribution is 2.09. The van der Waals surface area contributed by atoms with Crippen molar-refractivity contribution in [2.45, 2.75) is 26.8 Å². The Kier molecular flexibility index (Phi) is 3.23. The summed E-state index contributed by atoms with van der Waals surface area (Å²) < 4.78 is 12.7. The maximum Gasteiger partial charge on any atom is 0.214 e. The average Bonchev–Trinajstić information content (AvgIpc) is 2.04. The molecule has 72 valence electrons. The van der Waals surface area contributed by atoms with Crippen LogP contribution in [0.15, 0.2) is 18.2 Å². The van der Waals surface area contributed by atoms with Gasteiger partial charge in [0.15, 0.2) is 0 Å². The highest BCUT2D eigenvalue weighted by Gasteiger charge is 2.06. The van der Waals surface area contributed by atoms with E-state index >= 15 is 0 Å². The largest absolute Gasteiger partial charge is 0.367 e. The van der Waals surface area contributed by atoms with Crippen LogP contribution in [0.25, 0.3) is 0 Å². The summed E-state index contributed by atoms with van der Waals surface area (Å²) in [5.74, 6) is 0.659. The van der Waals surface area contributed by atoms with Crippen molar-refractivity contribution >= 4 is 5.82 Å². The minimum atomic E-state index is -0.444. The van der Waals surface area contributed by atoms with Crippen molar-refractivity contribution < 1.29 is 4.39 Å². The number of nitrogens with one attached hydrogen (secondary N) is 1. The van der Waals surface area contributed by atoms with Crippen LogP contribution in [0.5, 0.6) is 0 Å². The first kappa shape index (κ1) is 9.96. The number of aromatic nitrogens is 1. The van der Waals surface area contributed by atoms with Crippen molar-refractivity contribution in [1.29, 1.82) is 0 Å². The fraction of sp³-hybridized carbons (Fsp3) is 0.500. The van der Waals surface area contributed by atoms with E-state index in [2.05, 4.69) is 31.1 Å². The van der Waals surface area contributed by atoms with Crippen LogP contribution < -0.4 is 5.32 Å². The summed E-state index contributed by atoms with van der Waals surface area (Å²) >= 11 is 0. The molecular weight excluding hydrogens is 167 g/mol. The van der Waals surface area contributed by atoms with Crippen LogP contribution in [0, 0.1) is 11.9 Å². The number of pyridine rings is 1. The monoisotopic (exact) mass is 182 g/mol. The van der Waals surface area contributed by atoms with Gasteiger partial charge in [0.2, 0.25) is 5.95 Å². The molecule has 1 heterocycles. The summed E-state index contributed by atoms with van der Waals surface area (Å²) in [6.45, 7) is 6.27. The van der Waals surface area contributed by atoms with Gasteiger partial charge < -0.3 is 5.32 Å². The molecule has 1 aromatic rings. The highest BCUT2D eigenvalue weighted by atomic mass is 19.1. The second-order valence-electron chi connectivity index (χ2n) is 3.52. The van der Waals surface area contributed by atoms with Crippen molar-refractivity contribution in [3.05, 3.63) is 24.1 Å². The first-order valence-electron chi connectivity index (χ1n) is 4.48. The Morgan fingerprint density at radius 3 is 2.54 bits per heavy atom. The second-order valence-corrected chi connectivity index (χ2v) is 3.52. The van der Waals surface area contributed by atoms with Crippen molar-refractivity contribution in [3.63, 3.8) is 0 Å². The Labute approximate surface area is 78.2 Å². The summed E-state index contributed by atoms with van der Waals surface area (Å²) in [6, 6.07) is 5.06. The molecule has 0 aliphatic rings. The number of hydrogen-bond donors (Lipinski definition) is 1. The van der Waals surface area contributed by atoms with E-state index in [1.165, 1.54) is 6.07 Å². The molecule has 0 saturated heterocycles. The van der Waals surface area contributed by atoms with Crippen molar-refractivity contribution in [2.24, 2.45) is 5.92 Å². The van der Waals surface area contributed by atoms with Gasteiger partial charge in [-0.25, -0.2) is 4.98 Å². The van der Waals surface area contributed by atoms with Gasteiger partial charge in [-0.2, -0.15) is 4.39 Å². The van der Waals surface area contributed by atoms with Gasteiger partial charge in [0.05, 0.1) is 0 Å². The first-order valence-corrected chi connectivity index (χ1v) is 4.48. The minimum Gasteiger partial charge on any atom is -0.367 e. The van der Waals surface area contributed by atoms with Gasteiger partial charge in [-0.05, 0) is 25.0 Å². The zero-order chi connectivity index (χ0) is 9.84. The fourth-order valence-electron chi connectivity index (χ4n) is 0.889. The molecule has 0 unspecified atom stereocenters. The van der Waals surface area contributed by atoms with Gasteiger partial charge in [-0.15, -0.1) is 0 Å². The molecule has 0 radical (unpaired) electrons. The normalized spacial score (nSPS) is 13.0. The zero-order valence-corrected chi connectivity index (χ0v) is 8.21. The Bertz CT molecular complexity index is 273. The van der Waals surface area contributed by atoms with Crippen LogP contribution in [0.3, 0.4) is 0 Å². The smallest absolute Gasteiger partial charge is 0.214 e. The molecule has 1 aromatic heterocycles. The Hall–Kier alpha value is -1.12. The van der Waals surface area contributed by atoms with Crippen molar-refractivity contribution in [1.82, 2.24) is 4.98 Å². The van der Waals surface area contributed by atoms with Gasteiger partial charge in [-0.3, -0.25) is 0 Å². The predicted molar refractivity (Wildman–Crippen MR) is 52.1 cm³/mol. The molecular formula is C10H15FN2. The predicted octanol–water partition coefficient (Wildman–Crippen LogP) is 2.68. The van der Waals surface area contributed by atoms with Gasteiger partial charge in [0.25, 0.3) is 0 Å². The number of halogens is 1. The molecule has 0 bridgehead atoms. The van der Waals surface area contributed by atoms with Gasteiger partial charge in [0, 0.05) is 6.04 Å². The average molecular weight is 182 g/mol. The van der Waals surface area contributed by atoms with Gasteiger partial charge in [0.1, 0.15) is 5.82 Å². The molecule has 0 aliphatic heterocycles. The topological polar surface area (TPSA) is 24.9 Å². The van der Waals surface area contributed by atoms with E-state index in [0.29, 0.717) is 17.8 Å². The second kappa shape index (κ2) is 4.21. The Morgan fingerprint density at radius 1 is 1.31 bits per heavy atom. The quantitative estimate of drug-likeness (QED) is 0.727. The molecule has 0 spiro atoms. The maximum atomic E-state index is 12.7. The van der Waals surface area contributed by atoms with Crippen LogP contribution in [0.2, 0.25) is 0 Å². The first-order chi connectivity index (χ1) is 6.09. The van der Waals surface area contributed by atoms with Crippen LogP contribution in [-0.4, -0.2) is 11.0 Å². The van der Waals surface area contributed by atoms with E-state index < -0.39 is 5.95 Å². The van der Waals surface area contributed by atoms with Crippen LogP contribution in [-0.2, 0) is 0 Å². The van der Waals surface area contributed by atoms with E-state index in [9.17, 15) is 4.39 Å². The highest BCUT2D eigenvalue weighted by molar-refractivity contribution is 5.34. The Morgan fingerprint density at radius 2 is 2.00 bits per heavy atom. The SMILES string of the molecule is CC(C)[C@@H](C)Nc1cccc(F)n1. The Balaban J connectivity index is 2.64. The fourth-order valence-corrected chi connectivity index (χ4v) is 0.889.